The fourth-order valence-corrected chi connectivity index (χ4v) is 1.81. The van der Waals surface area contributed by atoms with Crippen LogP contribution < -0.4 is 4.74 Å². The molecule has 7 nitrogen and oxygen atoms in total. The van der Waals surface area contributed by atoms with Crippen molar-refractivity contribution in [3.05, 3.63) is 67.2 Å². The number of halogens is 1. The smallest absolute Gasteiger partial charge is 0.318 e. The maximum atomic E-state index is 11.0. The van der Waals surface area contributed by atoms with Crippen molar-refractivity contribution in [1.29, 1.82) is 0 Å². The summed E-state index contributed by atoms with van der Waals surface area (Å²) >= 11 is 5.96. The van der Waals surface area contributed by atoms with E-state index < -0.39 is 15.5 Å². The van der Waals surface area contributed by atoms with Crippen molar-refractivity contribution >= 4 is 23.0 Å². The number of hydrogen-bond donors (Lipinski definition) is 0. The van der Waals surface area contributed by atoms with Crippen LogP contribution in [0.5, 0.6) is 11.5 Å². The number of ether oxygens (including phenoxy) is 1. The zero-order chi connectivity index (χ0) is 15.6. The largest absolute Gasteiger partial charge is 0.449 e. The zero-order valence-electron chi connectivity index (χ0n) is 10.8. The molecule has 0 bridgehead atoms. The Morgan fingerprint density at radius 3 is 2.33 bits per heavy atom. The van der Waals surface area contributed by atoms with Crippen LogP contribution in [0.4, 0.5) is 11.4 Å². The Hall–Kier alpha value is -2.67. The summed E-state index contributed by atoms with van der Waals surface area (Å²) in [5.74, 6) is 0.131. The van der Waals surface area contributed by atoms with Crippen LogP contribution in [-0.4, -0.2) is 9.85 Å². The number of nitrogens with zero attached hydrogens (tertiary/aromatic N) is 2. The number of aryl methyl sites for hydroxylation is 1. The molecule has 0 saturated carbocycles. The number of nitro benzene ring substituents is 2. The van der Waals surface area contributed by atoms with Crippen LogP contribution in [0, 0.1) is 27.2 Å². The highest BCUT2D eigenvalue weighted by Gasteiger charge is 2.21. The maximum Gasteiger partial charge on any atom is 0.318 e. The van der Waals surface area contributed by atoms with E-state index in [1.54, 1.807) is 18.2 Å². The molecule has 2 aromatic rings. The van der Waals surface area contributed by atoms with Crippen molar-refractivity contribution in [1.82, 2.24) is 0 Å². The van der Waals surface area contributed by atoms with Gasteiger partial charge >= 0.3 is 5.69 Å². The van der Waals surface area contributed by atoms with Crippen LogP contribution >= 0.6 is 11.6 Å². The molecule has 0 aliphatic heterocycles. The standard InChI is InChI=1S/C13H9ClN2O5/c1-8-2-4-10(14)13(6-8)21-12-5-3-9(15(17)18)7-11(12)16(19)20/h2-7H,1H3. The van der Waals surface area contributed by atoms with Gasteiger partial charge in [0.25, 0.3) is 5.69 Å². The first-order chi connectivity index (χ1) is 9.88. The lowest BCUT2D eigenvalue weighted by atomic mass is 10.2. The summed E-state index contributed by atoms with van der Waals surface area (Å²) in [5.41, 5.74) is -0.0230. The minimum atomic E-state index is -0.744. The number of rotatable bonds is 4. The molecule has 0 unspecified atom stereocenters. The lowest BCUT2D eigenvalue weighted by molar-refractivity contribution is -0.394. The molecule has 2 aromatic carbocycles. The van der Waals surface area contributed by atoms with E-state index in [1.165, 1.54) is 6.07 Å². The third-order valence-electron chi connectivity index (χ3n) is 2.66. The lowest BCUT2D eigenvalue weighted by Gasteiger charge is -2.08. The average Bonchev–Trinajstić information content (AvgIpc) is 2.42. The fourth-order valence-electron chi connectivity index (χ4n) is 1.66. The molecular formula is C13H9ClN2O5. The highest BCUT2D eigenvalue weighted by molar-refractivity contribution is 6.32. The van der Waals surface area contributed by atoms with Gasteiger partial charge in [-0.3, -0.25) is 20.2 Å². The van der Waals surface area contributed by atoms with Gasteiger partial charge in [-0.15, -0.1) is 0 Å². The fraction of sp³-hybridized carbons (Fsp3) is 0.0769. The number of hydrogen-bond acceptors (Lipinski definition) is 5. The lowest BCUT2D eigenvalue weighted by Crippen LogP contribution is -1.96. The van der Waals surface area contributed by atoms with E-state index in [2.05, 4.69) is 0 Å². The highest BCUT2D eigenvalue weighted by Crippen LogP contribution is 2.37. The van der Waals surface area contributed by atoms with Gasteiger partial charge in [0.1, 0.15) is 5.75 Å². The van der Waals surface area contributed by atoms with Crippen molar-refractivity contribution in [3.8, 4) is 11.5 Å². The molecule has 0 radical (unpaired) electrons. The van der Waals surface area contributed by atoms with E-state index in [4.69, 9.17) is 16.3 Å². The Balaban J connectivity index is 2.46. The first-order valence-electron chi connectivity index (χ1n) is 5.75. The normalized spacial score (nSPS) is 10.2. The summed E-state index contributed by atoms with van der Waals surface area (Å²) in [6.45, 7) is 1.81. The van der Waals surface area contributed by atoms with Crippen molar-refractivity contribution < 1.29 is 14.6 Å². The molecule has 0 aliphatic rings. The van der Waals surface area contributed by atoms with E-state index in [9.17, 15) is 20.2 Å². The summed E-state index contributed by atoms with van der Waals surface area (Å²) in [6, 6.07) is 8.14. The summed E-state index contributed by atoms with van der Waals surface area (Å²) in [5, 5.41) is 22.0. The Morgan fingerprint density at radius 1 is 1.00 bits per heavy atom. The van der Waals surface area contributed by atoms with Crippen molar-refractivity contribution in [2.45, 2.75) is 6.92 Å². The van der Waals surface area contributed by atoms with Crippen LogP contribution in [0.25, 0.3) is 0 Å². The summed E-state index contributed by atoms with van der Waals surface area (Å²) in [7, 11) is 0. The van der Waals surface area contributed by atoms with Gasteiger partial charge in [0, 0.05) is 6.07 Å². The Labute approximate surface area is 124 Å². The summed E-state index contributed by atoms with van der Waals surface area (Å²) < 4.78 is 5.42. The van der Waals surface area contributed by atoms with E-state index in [-0.39, 0.29) is 22.2 Å². The molecule has 0 amide bonds. The SMILES string of the molecule is Cc1ccc(Cl)c(Oc2ccc([N+](=O)[O-])cc2[N+](=O)[O-])c1. The number of benzene rings is 2. The van der Waals surface area contributed by atoms with E-state index in [1.807, 2.05) is 6.92 Å². The molecule has 108 valence electrons. The van der Waals surface area contributed by atoms with Crippen molar-refractivity contribution in [2.24, 2.45) is 0 Å². The third kappa shape index (κ3) is 3.26. The molecule has 0 N–H and O–H groups in total. The molecule has 0 heterocycles. The highest BCUT2D eigenvalue weighted by atomic mass is 35.5. The minimum absolute atomic E-state index is 0.113. The monoisotopic (exact) mass is 308 g/mol. The second kappa shape index (κ2) is 5.76. The quantitative estimate of drug-likeness (QED) is 0.621. The summed E-state index contributed by atoms with van der Waals surface area (Å²) in [6.07, 6.45) is 0. The van der Waals surface area contributed by atoms with Crippen LogP contribution in [0.1, 0.15) is 5.56 Å². The number of nitro groups is 2. The molecule has 0 aliphatic carbocycles. The van der Waals surface area contributed by atoms with Gasteiger partial charge in [0.2, 0.25) is 5.75 Å². The van der Waals surface area contributed by atoms with Gasteiger partial charge in [0.05, 0.1) is 20.9 Å². The van der Waals surface area contributed by atoms with Gasteiger partial charge in [-0.05, 0) is 30.7 Å². The van der Waals surface area contributed by atoms with Crippen LogP contribution in [0.15, 0.2) is 36.4 Å². The molecule has 21 heavy (non-hydrogen) atoms. The molecule has 2 rings (SSSR count). The predicted octanol–water partition coefficient (Wildman–Crippen LogP) is 4.26. The Kier molecular flexibility index (Phi) is 4.04. The molecule has 0 spiro atoms. The van der Waals surface area contributed by atoms with Crippen molar-refractivity contribution in [2.75, 3.05) is 0 Å². The van der Waals surface area contributed by atoms with Gasteiger partial charge in [-0.1, -0.05) is 17.7 Å². The number of non-ortho nitro benzene ring substituents is 1. The van der Waals surface area contributed by atoms with Gasteiger partial charge in [-0.2, -0.15) is 0 Å². The van der Waals surface area contributed by atoms with Gasteiger partial charge < -0.3 is 4.74 Å². The molecular weight excluding hydrogens is 300 g/mol. The summed E-state index contributed by atoms with van der Waals surface area (Å²) in [4.78, 5) is 20.2. The predicted molar refractivity (Wildman–Crippen MR) is 76.0 cm³/mol. The Bertz CT molecular complexity index is 732. The maximum absolute atomic E-state index is 11.0. The Morgan fingerprint density at radius 2 is 1.71 bits per heavy atom. The van der Waals surface area contributed by atoms with E-state index >= 15 is 0 Å². The third-order valence-corrected chi connectivity index (χ3v) is 2.97. The zero-order valence-corrected chi connectivity index (χ0v) is 11.5. The van der Waals surface area contributed by atoms with Gasteiger partial charge in [-0.25, -0.2) is 0 Å². The minimum Gasteiger partial charge on any atom is -0.449 e. The molecule has 0 saturated heterocycles. The van der Waals surface area contributed by atoms with Crippen LogP contribution in [0.3, 0.4) is 0 Å². The second-order valence-corrected chi connectivity index (χ2v) is 4.61. The first kappa shape index (κ1) is 14.7. The second-order valence-electron chi connectivity index (χ2n) is 4.20. The molecule has 0 aromatic heterocycles. The van der Waals surface area contributed by atoms with E-state index in [0.717, 1.165) is 17.7 Å². The van der Waals surface area contributed by atoms with Crippen LogP contribution in [0.2, 0.25) is 5.02 Å². The van der Waals surface area contributed by atoms with Crippen molar-refractivity contribution in [3.63, 3.8) is 0 Å². The van der Waals surface area contributed by atoms with E-state index in [0.29, 0.717) is 0 Å². The topological polar surface area (TPSA) is 95.5 Å². The molecule has 0 atom stereocenters. The average molecular weight is 309 g/mol. The first-order valence-corrected chi connectivity index (χ1v) is 6.13. The van der Waals surface area contributed by atoms with Gasteiger partial charge in [0.15, 0.2) is 0 Å². The van der Waals surface area contributed by atoms with Crippen LogP contribution in [-0.2, 0) is 0 Å². The molecule has 0 fully saturated rings. The molecule has 8 heteroatoms.